The standard InChI is InChI=1S/C16H22N4O2/c1-4-14-15(12(3)22-18-14)16(21)20-7-5-6-13(20)10-19-9-11(2)8-17-19/h8-9,13H,4-7,10H2,1-3H3/t13-/m0/s1. The molecule has 118 valence electrons. The number of hydrogen-bond donors (Lipinski definition) is 0. The lowest BCUT2D eigenvalue weighted by molar-refractivity contribution is 0.0719. The number of rotatable bonds is 4. The van der Waals surface area contributed by atoms with Crippen LogP contribution in [0, 0.1) is 13.8 Å². The number of amides is 1. The van der Waals surface area contributed by atoms with E-state index in [9.17, 15) is 4.79 Å². The molecule has 0 N–H and O–H groups in total. The highest BCUT2D eigenvalue weighted by Crippen LogP contribution is 2.24. The zero-order chi connectivity index (χ0) is 15.7. The maximum Gasteiger partial charge on any atom is 0.259 e. The molecule has 0 unspecified atom stereocenters. The van der Waals surface area contributed by atoms with Crippen molar-refractivity contribution in [2.45, 2.75) is 52.6 Å². The van der Waals surface area contributed by atoms with Crippen LogP contribution < -0.4 is 0 Å². The van der Waals surface area contributed by atoms with E-state index < -0.39 is 0 Å². The molecule has 2 aromatic heterocycles. The van der Waals surface area contributed by atoms with Gasteiger partial charge in [-0.2, -0.15) is 5.10 Å². The van der Waals surface area contributed by atoms with Gasteiger partial charge in [0.2, 0.25) is 0 Å². The molecule has 0 aliphatic carbocycles. The largest absolute Gasteiger partial charge is 0.361 e. The van der Waals surface area contributed by atoms with Crippen LogP contribution in [-0.2, 0) is 13.0 Å². The topological polar surface area (TPSA) is 64.2 Å². The van der Waals surface area contributed by atoms with Crippen LogP contribution in [-0.4, -0.2) is 38.3 Å². The lowest BCUT2D eigenvalue weighted by Crippen LogP contribution is -2.38. The highest BCUT2D eigenvalue weighted by molar-refractivity contribution is 5.96. The van der Waals surface area contributed by atoms with E-state index >= 15 is 0 Å². The first kappa shape index (κ1) is 14.8. The molecule has 3 heterocycles. The van der Waals surface area contributed by atoms with E-state index in [1.54, 1.807) is 6.92 Å². The number of hydrogen-bond acceptors (Lipinski definition) is 4. The van der Waals surface area contributed by atoms with E-state index in [1.165, 1.54) is 0 Å². The van der Waals surface area contributed by atoms with Crippen molar-refractivity contribution < 1.29 is 9.32 Å². The quantitative estimate of drug-likeness (QED) is 0.869. The summed E-state index contributed by atoms with van der Waals surface area (Å²) in [7, 11) is 0. The van der Waals surface area contributed by atoms with E-state index in [4.69, 9.17) is 4.52 Å². The Labute approximate surface area is 130 Å². The second-order valence-corrected chi connectivity index (χ2v) is 5.95. The number of nitrogens with zero attached hydrogens (tertiary/aromatic N) is 4. The molecule has 22 heavy (non-hydrogen) atoms. The third-order valence-electron chi connectivity index (χ3n) is 4.28. The summed E-state index contributed by atoms with van der Waals surface area (Å²) in [4.78, 5) is 14.9. The van der Waals surface area contributed by atoms with Crippen LogP contribution in [0.25, 0.3) is 0 Å². The van der Waals surface area contributed by atoms with Gasteiger partial charge < -0.3 is 9.42 Å². The number of likely N-dealkylation sites (tertiary alicyclic amines) is 1. The van der Waals surface area contributed by atoms with Crippen molar-refractivity contribution in [2.75, 3.05) is 6.54 Å². The number of aryl methyl sites for hydroxylation is 3. The summed E-state index contributed by atoms with van der Waals surface area (Å²) in [5.41, 5.74) is 2.54. The molecule has 2 aromatic rings. The summed E-state index contributed by atoms with van der Waals surface area (Å²) >= 11 is 0. The van der Waals surface area contributed by atoms with Gasteiger partial charge in [0, 0.05) is 12.7 Å². The lowest BCUT2D eigenvalue weighted by Gasteiger charge is -2.24. The highest BCUT2D eigenvalue weighted by atomic mass is 16.5. The van der Waals surface area contributed by atoms with Gasteiger partial charge in [0.1, 0.15) is 11.3 Å². The smallest absolute Gasteiger partial charge is 0.259 e. The molecule has 1 saturated heterocycles. The molecule has 0 saturated carbocycles. The fraction of sp³-hybridized carbons (Fsp3) is 0.562. The van der Waals surface area contributed by atoms with Crippen LogP contribution in [0.3, 0.4) is 0 Å². The molecule has 0 aromatic carbocycles. The maximum absolute atomic E-state index is 12.9. The Bertz CT molecular complexity index is 673. The second-order valence-electron chi connectivity index (χ2n) is 5.95. The van der Waals surface area contributed by atoms with Gasteiger partial charge in [0.05, 0.1) is 24.5 Å². The number of carbonyl (C=O) groups excluding carboxylic acids is 1. The molecule has 6 heteroatoms. The summed E-state index contributed by atoms with van der Waals surface area (Å²) in [6, 6.07) is 0.186. The summed E-state index contributed by atoms with van der Waals surface area (Å²) in [6.45, 7) is 7.35. The second kappa shape index (κ2) is 5.94. The van der Waals surface area contributed by atoms with Crippen LogP contribution in [0.15, 0.2) is 16.9 Å². The SMILES string of the molecule is CCc1noc(C)c1C(=O)N1CCC[C@H]1Cn1cc(C)cn1. The Kier molecular flexibility index (Phi) is 4.00. The van der Waals surface area contributed by atoms with Gasteiger partial charge in [-0.05, 0) is 38.7 Å². The van der Waals surface area contributed by atoms with Crippen LogP contribution in [0.5, 0.6) is 0 Å². The van der Waals surface area contributed by atoms with Gasteiger partial charge in [-0.15, -0.1) is 0 Å². The minimum Gasteiger partial charge on any atom is -0.361 e. The third kappa shape index (κ3) is 2.65. The molecule has 1 amide bonds. The molecular weight excluding hydrogens is 280 g/mol. The van der Waals surface area contributed by atoms with E-state index in [-0.39, 0.29) is 11.9 Å². The summed E-state index contributed by atoms with van der Waals surface area (Å²) in [5, 5.41) is 8.33. The number of carbonyl (C=O) groups is 1. The molecule has 0 radical (unpaired) electrons. The minimum absolute atomic E-state index is 0.0435. The normalized spacial score (nSPS) is 18.1. The Morgan fingerprint density at radius 1 is 1.45 bits per heavy atom. The highest BCUT2D eigenvalue weighted by Gasteiger charge is 2.33. The minimum atomic E-state index is 0.0435. The van der Waals surface area contributed by atoms with Crippen molar-refractivity contribution in [3.8, 4) is 0 Å². The Hall–Kier alpha value is -2.11. The fourth-order valence-corrected chi connectivity index (χ4v) is 3.15. The first-order valence-electron chi connectivity index (χ1n) is 7.85. The van der Waals surface area contributed by atoms with Crippen LogP contribution in [0.4, 0.5) is 0 Å². The molecule has 1 atom stereocenters. The molecule has 0 bridgehead atoms. The number of aromatic nitrogens is 3. The van der Waals surface area contributed by atoms with Crippen molar-refractivity contribution >= 4 is 5.91 Å². The van der Waals surface area contributed by atoms with Crippen molar-refractivity contribution in [3.05, 3.63) is 35.0 Å². The molecule has 0 spiro atoms. The predicted molar refractivity (Wildman–Crippen MR) is 81.6 cm³/mol. The lowest BCUT2D eigenvalue weighted by atomic mass is 10.1. The van der Waals surface area contributed by atoms with Gasteiger partial charge in [-0.3, -0.25) is 9.48 Å². The molecule has 1 aliphatic heterocycles. The fourth-order valence-electron chi connectivity index (χ4n) is 3.15. The molecule has 3 rings (SSSR count). The van der Waals surface area contributed by atoms with E-state index in [2.05, 4.69) is 10.3 Å². The maximum atomic E-state index is 12.9. The van der Waals surface area contributed by atoms with Gasteiger partial charge in [0.25, 0.3) is 5.91 Å². The Morgan fingerprint density at radius 2 is 2.27 bits per heavy atom. The van der Waals surface area contributed by atoms with Gasteiger partial charge in [0.15, 0.2) is 0 Å². The van der Waals surface area contributed by atoms with Crippen molar-refractivity contribution in [1.29, 1.82) is 0 Å². The molecule has 1 fully saturated rings. The predicted octanol–water partition coefficient (Wildman–Crippen LogP) is 2.36. The van der Waals surface area contributed by atoms with E-state index in [0.29, 0.717) is 17.7 Å². The van der Waals surface area contributed by atoms with Crippen LogP contribution in [0.2, 0.25) is 0 Å². The van der Waals surface area contributed by atoms with E-state index in [1.807, 2.05) is 35.8 Å². The van der Waals surface area contributed by atoms with Crippen molar-refractivity contribution in [3.63, 3.8) is 0 Å². The zero-order valence-electron chi connectivity index (χ0n) is 13.4. The third-order valence-corrected chi connectivity index (χ3v) is 4.28. The first-order valence-corrected chi connectivity index (χ1v) is 7.85. The van der Waals surface area contributed by atoms with E-state index in [0.717, 1.165) is 37.2 Å². The van der Waals surface area contributed by atoms with Crippen molar-refractivity contribution in [2.24, 2.45) is 0 Å². The Morgan fingerprint density at radius 3 is 2.95 bits per heavy atom. The van der Waals surface area contributed by atoms with Gasteiger partial charge in [-0.1, -0.05) is 12.1 Å². The van der Waals surface area contributed by atoms with Crippen LogP contribution in [0.1, 0.15) is 47.1 Å². The van der Waals surface area contributed by atoms with Gasteiger partial charge >= 0.3 is 0 Å². The van der Waals surface area contributed by atoms with Crippen LogP contribution >= 0.6 is 0 Å². The Balaban J connectivity index is 1.80. The average Bonchev–Trinajstić information content (AvgIpc) is 3.19. The average molecular weight is 302 g/mol. The molecular formula is C16H22N4O2. The zero-order valence-corrected chi connectivity index (χ0v) is 13.4. The summed E-state index contributed by atoms with van der Waals surface area (Å²) in [6.07, 6.45) is 6.61. The van der Waals surface area contributed by atoms with Gasteiger partial charge in [-0.25, -0.2) is 0 Å². The monoisotopic (exact) mass is 302 g/mol. The summed E-state index contributed by atoms with van der Waals surface area (Å²) in [5.74, 6) is 0.657. The molecule has 1 aliphatic rings. The first-order chi connectivity index (χ1) is 10.6. The molecule has 6 nitrogen and oxygen atoms in total. The summed E-state index contributed by atoms with van der Waals surface area (Å²) < 4.78 is 7.13. The van der Waals surface area contributed by atoms with Crippen molar-refractivity contribution in [1.82, 2.24) is 19.8 Å².